The highest BCUT2D eigenvalue weighted by molar-refractivity contribution is 5.66. The minimum atomic E-state index is -0.738. The predicted molar refractivity (Wildman–Crippen MR) is 91.5 cm³/mol. The van der Waals surface area contributed by atoms with Gasteiger partial charge < -0.3 is 10.2 Å². The maximum atomic E-state index is 10.4. The van der Waals surface area contributed by atoms with Gasteiger partial charge in [0.2, 0.25) is 0 Å². The first kappa shape index (κ1) is 22.4. The van der Waals surface area contributed by atoms with Crippen LogP contribution in [0.2, 0.25) is 0 Å². The number of rotatable bonds is 17. The number of aliphatic hydroxyl groups is 1. The lowest BCUT2D eigenvalue weighted by molar-refractivity contribution is -0.298. The van der Waals surface area contributed by atoms with Crippen molar-refractivity contribution in [2.45, 2.75) is 109 Å². The van der Waals surface area contributed by atoms with Crippen LogP contribution in [-0.4, -0.2) is 33.6 Å². The van der Waals surface area contributed by atoms with Crippen LogP contribution in [-0.2, 0) is 9.68 Å². The first-order chi connectivity index (χ1) is 11.1. The molecule has 23 heavy (non-hydrogen) atoms. The number of aliphatic hydroxyl groups excluding tert-OH is 1. The third-order valence-corrected chi connectivity index (χ3v) is 4.30. The lowest BCUT2D eigenvalue weighted by atomic mass is 9.99. The topological polar surface area (TPSA) is 87.0 Å². The van der Waals surface area contributed by atoms with Gasteiger partial charge in [0.15, 0.2) is 0 Å². The first-order valence-electron chi connectivity index (χ1n) is 9.31. The van der Waals surface area contributed by atoms with E-state index >= 15 is 0 Å². The lowest BCUT2D eigenvalue weighted by Crippen LogP contribution is -2.28. The molecule has 5 heteroatoms. The SMILES string of the molecule is CCCCCCCCC(OO)C(O)CCCCCCCC(=O)O. The minimum Gasteiger partial charge on any atom is -0.481 e. The molecule has 0 aliphatic heterocycles. The predicted octanol–water partition coefficient (Wildman–Crippen LogP) is 4.77. The van der Waals surface area contributed by atoms with Crippen molar-refractivity contribution in [2.75, 3.05) is 0 Å². The summed E-state index contributed by atoms with van der Waals surface area (Å²) in [5.74, 6) is -0.738. The molecule has 0 fully saturated rings. The summed E-state index contributed by atoms with van der Waals surface area (Å²) in [4.78, 5) is 14.8. The minimum absolute atomic E-state index is 0.237. The van der Waals surface area contributed by atoms with Gasteiger partial charge in [0.1, 0.15) is 6.10 Å². The summed E-state index contributed by atoms with van der Waals surface area (Å²) in [6.45, 7) is 2.19. The van der Waals surface area contributed by atoms with E-state index < -0.39 is 18.2 Å². The Hall–Kier alpha value is -0.650. The normalized spacial score (nSPS) is 13.9. The number of aliphatic carboxylic acids is 1. The Kier molecular flexibility index (Phi) is 15.8. The fourth-order valence-electron chi connectivity index (χ4n) is 2.79. The van der Waals surface area contributed by atoms with Crippen molar-refractivity contribution >= 4 is 5.97 Å². The highest BCUT2D eigenvalue weighted by Crippen LogP contribution is 2.17. The van der Waals surface area contributed by atoms with Crippen molar-refractivity contribution in [3.63, 3.8) is 0 Å². The van der Waals surface area contributed by atoms with Gasteiger partial charge in [-0.25, -0.2) is 4.89 Å². The molecular formula is C18H36O5. The van der Waals surface area contributed by atoms with E-state index in [0.29, 0.717) is 12.8 Å². The van der Waals surface area contributed by atoms with Crippen molar-refractivity contribution in [1.29, 1.82) is 0 Å². The average molecular weight is 332 g/mol. The Morgan fingerprint density at radius 2 is 1.39 bits per heavy atom. The summed E-state index contributed by atoms with van der Waals surface area (Å²) < 4.78 is 0. The molecule has 0 heterocycles. The van der Waals surface area contributed by atoms with Crippen LogP contribution < -0.4 is 0 Å². The molecule has 0 saturated carbocycles. The van der Waals surface area contributed by atoms with Crippen LogP contribution in [0.5, 0.6) is 0 Å². The second-order valence-electron chi connectivity index (χ2n) is 6.47. The van der Waals surface area contributed by atoms with Crippen LogP contribution >= 0.6 is 0 Å². The highest BCUT2D eigenvalue weighted by atomic mass is 17.1. The largest absolute Gasteiger partial charge is 0.481 e. The van der Waals surface area contributed by atoms with Crippen LogP contribution in [0.25, 0.3) is 0 Å². The highest BCUT2D eigenvalue weighted by Gasteiger charge is 2.19. The van der Waals surface area contributed by atoms with E-state index in [9.17, 15) is 9.90 Å². The van der Waals surface area contributed by atoms with E-state index in [4.69, 9.17) is 10.4 Å². The summed E-state index contributed by atoms with van der Waals surface area (Å²) in [5.41, 5.74) is 0. The van der Waals surface area contributed by atoms with Crippen molar-refractivity contribution in [3.8, 4) is 0 Å². The summed E-state index contributed by atoms with van der Waals surface area (Å²) in [6, 6.07) is 0. The fraction of sp³-hybridized carbons (Fsp3) is 0.944. The average Bonchev–Trinajstić information content (AvgIpc) is 2.53. The van der Waals surface area contributed by atoms with Gasteiger partial charge in [0.25, 0.3) is 0 Å². The molecule has 0 aromatic heterocycles. The molecule has 0 aliphatic carbocycles. The van der Waals surface area contributed by atoms with Gasteiger partial charge in [-0.3, -0.25) is 10.1 Å². The smallest absolute Gasteiger partial charge is 0.303 e. The molecule has 0 aromatic rings. The van der Waals surface area contributed by atoms with Crippen LogP contribution in [0.1, 0.15) is 96.8 Å². The Labute approximate surface area is 141 Å². The van der Waals surface area contributed by atoms with E-state index in [-0.39, 0.29) is 6.42 Å². The monoisotopic (exact) mass is 332 g/mol. The third kappa shape index (κ3) is 14.7. The number of hydrogen-bond donors (Lipinski definition) is 3. The number of unbranched alkanes of at least 4 members (excludes halogenated alkanes) is 9. The third-order valence-electron chi connectivity index (χ3n) is 4.30. The van der Waals surface area contributed by atoms with E-state index in [1.807, 2.05) is 0 Å². The number of carboxylic acids is 1. The zero-order valence-corrected chi connectivity index (χ0v) is 14.7. The van der Waals surface area contributed by atoms with Gasteiger partial charge in [-0.1, -0.05) is 71.1 Å². The lowest BCUT2D eigenvalue weighted by Gasteiger charge is -2.19. The Balaban J connectivity index is 3.56. The molecule has 2 unspecified atom stereocenters. The maximum Gasteiger partial charge on any atom is 0.303 e. The van der Waals surface area contributed by atoms with E-state index in [2.05, 4.69) is 11.8 Å². The van der Waals surface area contributed by atoms with E-state index in [1.165, 1.54) is 25.7 Å². The zero-order valence-electron chi connectivity index (χ0n) is 14.7. The molecule has 138 valence electrons. The number of carboxylic acid groups (broad SMARTS) is 1. The molecule has 0 rings (SSSR count). The first-order valence-corrected chi connectivity index (χ1v) is 9.31. The Morgan fingerprint density at radius 3 is 1.96 bits per heavy atom. The molecule has 0 aliphatic rings. The van der Waals surface area contributed by atoms with Crippen molar-refractivity contribution in [3.05, 3.63) is 0 Å². The Bertz CT molecular complexity index is 270. The molecule has 0 spiro atoms. The second kappa shape index (κ2) is 16.2. The van der Waals surface area contributed by atoms with Gasteiger partial charge >= 0.3 is 5.97 Å². The Morgan fingerprint density at radius 1 is 0.870 bits per heavy atom. The molecule has 0 aromatic carbocycles. The zero-order chi connectivity index (χ0) is 17.3. The molecule has 0 amide bonds. The molecule has 0 radical (unpaired) electrons. The van der Waals surface area contributed by atoms with Gasteiger partial charge in [0, 0.05) is 6.42 Å². The van der Waals surface area contributed by atoms with E-state index in [1.54, 1.807) is 0 Å². The van der Waals surface area contributed by atoms with Gasteiger partial charge in [-0.05, 0) is 19.3 Å². The summed E-state index contributed by atoms with van der Waals surface area (Å²) in [7, 11) is 0. The number of carbonyl (C=O) groups is 1. The summed E-state index contributed by atoms with van der Waals surface area (Å²) >= 11 is 0. The molecule has 0 bridgehead atoms. The fourth-order valence-corrected chi connectivity index (χ4v) is 2.79. The van der Waals surface area contributed by atoms with Gasteiger partial charge in [-0.15, -0.1) is 0 Å². The summed E-state index contributed by atoms with van der Waals surface area (Å²) in [6.07, 6.45) is 12.0. The van der Waals surface area contributed by atoms with Crippen molar-refractivity contribution < 1.29 is 25.2 Å². The van der Waals surface area contributed by atoms with Gasteiger partial charge in [-0.2, -0.15) is 0 Å². The van der Waals surface area contributed by atoms with Crippen LogP contribution in [0.3, 0.4) is 0 Å². The van der Waals surface area contributed by atoms with Gasteiger partial charge in [0.05, 0.1) is 6.10 Å². The van der Waals surface area contributed by atoms with Crippen LogP contribution in [0.15, 0.2) is 0 Å². The van der Waals surface area contributed by atoms with Crippen molar-refractivity contribution in [1.82, 2.24) is 0 Å². The maximum absolute atomic E-state index is 10.4. The van der Waals surface area contributed by atoms with Crippen LogP contribution in [0.4, 0.5) is 0 Å². The quantitative estimate of drug-likeness (QED) is 0.203. The number of hydrogen-bond acceptors (Lipinski definition) is 4. The summed E-state index contributed by atoms with van der Waals surface area (Å²) in [5, 5.41) is 27.5. The van der Waals surface area contributed by atoms with Crippen molar-refractivity contribution in [2.24, 2.45) is 0 Å². The molecular weight excluding hydrogens is 296 g/mol. The molecule has 2 atom stereocenters. The standard InChI is InChI=1S/C18H36O5/c1-2-3-4-5-8-11-14-17(23-22)16(19)13-10-7-6-9-12-15-18(20)21/h16-17,19,22H,2-15H2,1H3,(H,20,21). The second-order valence-corrected chi connectivity index (χ2v) is 6.47. The van der Waals surface area contributed by atoms with E-state index in [0.717, 1.165) is 44.9 Å². The van der Waals surface area contributed by atoms with Crippen LogP contribution in [0, 0.1) is 0 Å². The molecule has 5 nitrogen and oxygen atoms in total. The molecule has 3 N–H and O–H groups in total. The molecule has 0 saturated heterocycles.